The molecule has 33 heavy (non-hydrogen) atoms. The number of aromatic nitrogens is 1. The highest BCUT2D eigenvalue weighted by Gasteiger charge is 2.21. The average molecular weight is 464 g/mol. The first-order valence-electron chi connectivity index (χ1n) is 9.61. The highest BCUT2D eigenvalue weighted by Crippen LogP contribution is 2.31. The number of amides is 2. The number of nitrogens with one attached hydrogen (secondary N) is 1. The maximum Gasteiger partial charge on any atom is 0.258 e. The second-order valence-electron chi connectivity index (χ2n) is 6.97. The summed E-state index contributed by atoms with van der Waals surface area (Å²) >= 11 is 5.83. The molecule has 0 atom stereocenters. The highest BCUT2D eigenvalue weighted by molar-refractivity contribution is 6.30. The number of hydrazone groups is 1. The molecule has 0 saturated carbocycles. The fourth-order valence-electron chi connectivity index (χ4n) is 2.88. The van der Waals surface area contributed by atoms with E-state index in [0.29, 0.717) is 22.6 Å². The SMILES string of the molecule is C#Cc1ccc(N(C=O)c2ccc(C=NN(C)C)cc2F)c(C(=O)Nc2ccc(Cl)cn2)c1. The molecule has 1 aromatic heterocycles. The Labute approximate surface area is 195 Å². The van der Waals surface area contributed by atoms with E-state index in [1.54, 1.807) is 37.3 Å². The standard InChI is InChI=1S/C24H19ClFN5O2/c1-4-16-5-8-21(19(11-16)24(33)29-23-10-7-18(25)14-27-23)31(15-32)22-9-6-17(12-20(22)26)13-28-30(2)3/h1,5-15H,2-3H3,(H,27,29,33). The predicted octanol–water partition coefficient (Wildman–Crippen LogP) is 4.30. The molecule has 9 heteroatoms. The Hall–Kier alpha value is -4.22. The number of terminal acetylenes is 1. The van der Waals surface area contributed by atoms with Crippen LogP contribution in [0.2, 0.25) is 5.02 Å². The maximum atomic E-state index is 14.9. The molecule has 0 bridgehead atoms. The van der Waals surface area contributed by atoms with Gasteiger partial charge in [0.25, 0.3) is 5.91 Å². The van der Waals surface area contributed by atoms with E-state index in [4.69, 9.17) is 18.0 Å². The van der Waals surface area contributed by atoms with Crippen LogP contribution in [0.3, 0.4) is 0 Å². The van der Waals surface area contributed by atoms with E-state index in [9.17, 15) is 14.0 Å². The van der Waals surface area contributed by atoms with Gasteiger partial charge in [-0.15, -0.1) is 6.42 Å². The summed E-state index contributed by atoms with van der Waals surface area (Å²) < 4.78 is 14.9. The van der Waals surface area contributed by atoms with Crippen LogP contribution in [-0.4, -0.2) is 42.6 Å². The summed E-state index contributed by atoms with van der Waals surface area (Å²) in [5, 5.41) is 8.66. The van der Waals surface area contributed by atoms with Gasteiger partial charge < -0.3 is 10.3 Å². The predicted molar refractivity (Wildman–Crippen MR) is 127 cm³/mol. The van der Waals surface area contributed by atoms with E-state index < -0.39 is 11.7 Å². The van der Waals surface area contributed by atoms with Crippen molar-refractivity contribution in [3.8, 4) is 12.3 Å². The van der Waals surface area contributed by atoms with Gasteiger partial charge in [-0.25, -0.2) is 9.37 Å². The quantitative estimate of drug-likeness (QED) is 0.245. The molecule has 3 aromatic rings. The van der Waals surface area contributed by atoms with Crippen molar-refractivity contribution in [3.05, 3.63) is 82.3 Å². The highest BCUT2D eigenvalue weighted by atomic mass is 35.5. The molecular weight excluding hydrogens is 445 g/mol. The summed E-state index contributed by atoms with van der Waals surface area (Å²) in [6.45, 7) is 0. The number of nitrogens with zero attached hydrogens (tertiary/aromatic N) is 4. The third kappa shape index (κ3) is 5.73. The Morgan fingerprint density at radius 1 is 1.18 bits per heavy atom. The van der Waals surface area contributed by atoms with Crippen LogP contribution in [0, 0.1) is 18.2 Å². The van der Waals surface area contributed by atoms with Crippen LogP contribution in [0.1, 0.15) is 21.5 Å². The molecular formula is C24H19ClFN5O2. The molecule has 0 aliphatic rings. The number of hydrogen-bond acceptors (Lipinski definition) is 5. The molecule has 0 aliphatic carbocycles. The van der Waals surface area contributed by atoms with Gasteiger partial charge in [-0.3, -0.25) is 14.5 Å². The van der Waals surface area contributed by atoms with E-state index in [0.717, 1.165) is 4.90 Å². The first-order chi connectivity index (χ1) is 15.8. The van der Waals surface area contributed by atoms with Gasteiger partial charge in [0.05, 0.1) is 28.2 Å². The lowest BCUT2D eigenvalue weighted by molar-refractivity contribution is -0.106. The van der Waals surface area contributed by atoms with Crippen molar-refractivity contribution in [3.63, 3.8) is 0 Å². The molecule has 166 valence electrons. The zero-order valence-corrected chi connectivity index (χ0v) is 18.5. The topological polar surface area (TPSA) is 77.9 Å². The second-order valence-corrected chi connectivity index (χ2v) is 7.41. The van der Waals surface area contributed by atoms with Crippen molar-refractivity contribution >= 4 is 47.3 Å². The van der Waals surface area contributed by atoms with Crippen LogP contribution in [0.15, 0.2) is 59.8 Å². The molecule has 7 nitrogen and oxygen atoms in total. The van der Waals surface area contributed by atoms with Crippen LogP contribution in [0.5, 0.6) is 0 Å². The van der Waals surface area contributed by atoms with Gasteiger partial charge in [0.1, 0.15) is 11.6 Å². The van der Waals surface area contributed by atoms with Crippen LogP contribution < -0.4 is 10.2 Å². The summed E-state index contributed by atoms with van der Waals surface area (Å²) in [6.07, 6.45) is 8.77. The van der Waals surface area contributed by atoms with Crippen LogP contribution in [0.25, 0.3) is 0 Å². The van der Waals surface area contributed by atoms with Gasteiger partial charge in [0.15, 0.2) is 0 Å². The van der Waals surface area contributed by atoms with E-state index in [1.165, 1.54) is 42.7 Å². The number of carbonyl (C=O) groups excluding carboxylic acids is 2. The number of hydrogen-bond donors (Lipinski definition) is 1. The molecule has 0 spiro atoms. The molecule has 0 radical (unpaired) electrons. The average Bonchev–Trinajstić information content (AvgIpc) is 2.80. The summed E-state index contributed by atoms with van der Waals surface area (Å²) in [7, 11) is 3.47. The van der Waals surface area contributed by atoms with Gasteiger partial charge in [0, 0.05) is 25.9 Å². The van der Waals surface area contributed by atoms with Crippen molar-refractivity contribution in [2.75, 3.05) is 24.3 Å². The van der Waals surface area contributed by atoms with Crippen molar-refractivity contribution < 1.29 is 14.0 Å². The number of benzene rings is 2. The molecule has 3 rings (SSSR count). The Morgan fingerprint density at radius 3 is 2.55 bits per heavy atom. The van der Waals surface area contributed by atoms with Gasteiger partial charge in [0.2, 0.25) is 6.41 Å². The minimum absolute atomic E-state index is 0.0425. The van der Waals surface area contributed by atoms with Crippen molar-refractivity contribution in [2.45, 2.75) is 0 Å². The largest absolute Gasteiger partial charge is 0.306 e. The maximum absolute atomic E-state index is 14.9. The normalized spacial score (nSPS) is 10.5. The van der Waals surface area contributed by atoms with Gasteiger partial charge in [-0.2, -0.15) is 5.10 Å². The van der Waals surface area contributed by atoms with Crippen LogP contribution in [0.4, 0.5) is 21.6 Å². The van der Waals surface area contributed by atoms with E-state index in [-0.39, 0.29) is 22.8 Å². The minimum Gasteiger partial charge on any atom is -0.306 e. The lowest BCUT2D eigenvalue weighted by Gasteiger charge is -2.21. The number of rotatable bonds is 7. The number of carbonyl (C=O) groups is 2. The van der Waals surface area contributed by atoms with Crippen molar-refractivity contribution in [1.29, 1.82) is 0 Å². The van der Waals surface area contributed by atoms with Crippen molar-refractivity contribution in [2.24, 2.45) is 5.10 Å². The summed E-state index contributed by atoms with van der Waals surface area (Å²) in [5.41, 5.74) is 1.08. The van der Waals surface area contributed by atoms with Crippen molar-refractivity contribution in [1.82, 2.24) is 9.99 Å². The molecule has 2 amide bonds. The molecule has 1 N–H and O–H groups in total. The van der Waals surface area contributed by atoms with Gasteiger partial charge in [-0.05, 0) is 48.0 Å². The molecule has 1 heterocycles. The fraction of sp³-hybridized carbons (Fsp3) is 0.0833. The monoisotopic (exact) mass is 463 g/mol. The molecule has 0 unspecified atom stereocenters. The van der Waals surface area contributed by atoms with E-state index in [1.807, 2.05) is 0 Å². The smallest absolute Gasteiger partial charge is 0.258 e. The first kappa shape index (κ1) is 23.4. The van der Waals surface area contributed by atoms with E-state index >= 15 is 0 Å². The summed E-state index contributed by atoms with van der Waals surface area (Å²) in [6, 6.07) is 11.8. The van der Waals surface area contributed by atoms with E-state index in [2.05, 4.69) is 21.3 Å². The third-order valence-electron chi connectivity index (χ3n) is 4.41. The van der Waals surface area contributed by atoms with Crippen LogP contribution in [-0.2, 0) is 4.79 Å². The summed E-state index contributed by atoms with van der Waals surface area (Å²) in [5.74, 6) is 1.44. The number of halogens is 2. The van der Waals surface area contributed by atoms with Crippen LogP contribution >= 0.6 is 11.6 Å². The first-order valence-corrected chi connectivity index (χ1v) is 9.99. The Balaban J connectivity index is 2.01. The molecule has 0 fully saturated rings. The molecule has 0 saturated heterocycles. The minimum atomic E-state index is -0.670. The third-order valence-corrected chi connectivity index (χ3v) is 4.63. The number of pyridine rings is 1. The molecule has 2 aromatic carbocycles. The lowest BCUT2D eigenvalue weighted by atomic mass is 10.1. The number of anilines is 3. The molecule has 0 aliphatic heterocycles. The fourth-order valence-corrected chi connectivity index (χ4v) is 2.99. The Bertz CT molecular complexity index is 1250. The Kier molecular flexibility index (Phi) is 7.38. The Morgan fingerprint density at radius 2 is 1.94 bits per heavy atom. The van der Waals surface area contributed by atoms with Gasteiger partial charge in [-0.1, -0.05) is 23.6 Å². The lowest BCUT2D eigenvalue weighted by Crippen LogP contribution is -2.22. The second kappa shape index (κ2) is 10.4. The van der Waals surface area contributed by atoms with Gasteiger partial charge >= 0.3 is 0 Å². The summed E-state index contributed by atoms with van der Waals surface area (Å²) in [4.78, 5) is 30.1. The zero-order valence-electron chi connectivity index (χ0n) is 17.8. The zero-order chi connectivity index (χ0) is 24.0.